The van der Waals surface area contributed by atoms with Gasteiger partial charge in [-0.2, -0.15) is 0 Å². The summed E-state index contributed by atoms with van der Waals surface area (Å²) in [7, 11) is 0. The molecule has 0 saturated carbocycles. The van der Waals surface area contributed by atoms with E-state index in [0.29, 0.717) is 4.32 Å². The average Bonchev–Trinajstić information content (AvgIpc) is 1.96. The number of hydrogen-bond acceptors (Lipinski definition) is 4. The van der Waals surface area contributed by atoms with Crippen LogP contribution in [0, 0.1) is 0 Å². The molecule has 0 aromatic rings. The van der Waals surface area contributed by atoms with Crippen molar-refractivity contribution in [3.05, 3.63) is 0 Å². The Morgan fingerprint density at radius 2 is 2.33 bits per heavy atom. The van der Waals surface area contributed by atoms with Crippen LogP contribution in [0.5, 0.6) is 0 Å². The minimum absolute atomic E-state index is 0. The Bertz CT molecular complexity index is 115. The summed E-state index contributed by atoms with van der Waals surface area (Å²) in [4.78, 5) is 0. The van der Waals surface area contributed by atoms with Crippen LogP contribution in [0.15, 0.2) is 0 Å². The van der Waals surface area contributed by atoms with Crippen LogP contribution in [0.2, 0.25) is 0 Å². The summed E-state index contributed by atoms with van der Waals surface area (Å²) >= 11 is 11.0. The van der Waals surface area contributed by atoms with Crippen LogP contribution in [0.4, 0.5) is 0 Å². The molecule has 0 aliphatic carbocycles. The first kappa shape index (κ1) is 15.9. The molecule has 0 aromatic heterocycles. The third-order valence-corrected chi connectivity index (χ3v) is 2.00. The van der Waals surface area contributed by atoms with Gasteiger partial charge in [0.1, 0.15) is 0 Å². The van der Waals surface area contributed by atoms with Crippen LogP contribution >= 0.6 is 24.0 Å². The van der Waals surface area contributed by atoms with Crippen LogP contribution in [0.25, 0.3) is 0 Å². The number of ether oxygens (including phenoxy) is 1. The molecule has 0 atom stereocenters. The molecule has 0 aromatic carbocycles. The molecule has 0 unspecified atom stereocenters. The maximum Gasteiger partial charge on any atom is 1.00 e. The minimum atomic E-state index is 0. The van der Waals surface area contributed by atoms with Gasteiger partial charge in [0.2, 0.25) is 0 Å². The molecule has 0 saturated heterocycles. The summed E-state index contributed by atoms with van der Waals surface area (Å²) < 4.78 is 5.56. The van der Waals surface area contributed by atoms with Crippen molar-refractivity contribution < 1.29 is 34.3 Å². The van der Waals surface area contributed by atoms with Crippen molar-refractivity contribution in [2.75, 3.05) is 24.8 Å². The van der Waals surface area contributed by atoms with Crippen LogP contribution in [-0.2, 0) is 17.4 Å². The zero-order chi connectivity index (χ0) is 8.53. The first-order valence-corrected chi connectivity index (χ1v) is 5.34. The summed E-state index contributed by atoms with van der Waals surface area (Å²) in [5, 5.41) is 2.89. The van der Waals surface area contributed by atoms with E-state index in [0.717, 1.165) is 24.8 Å². The Morgan fingerprint density at radius 1 is 1.67 bits per heavy atom. The van der Waals surface area contributed by atoms with E-state index in [-0.39, 0.29) is 29.6 Å². The van der Waals surface area contributed by atoms with Crippen LogP contribution in [-0.4, -0.2) is 29.2 Å². The van der Waals surface area contributed by atoms with Gasteiger partial charge in [0, 0.05) is 18.9 Å². The van der Waals surface area contributed by atoms with Crippen molar-refractivity contribution in [1.82, 2.24) is 5.32 Å². The van der Waals surface area contributed by atoms with Crippen LogP contribution in [0.3, 0.4) is 0 Å². The van der Waals surface area contributed by atoms with Crippen LogP contribution < -0.4 is 34.9 Å². The molecule has 0 radical (unpaired) electrons. The standard InChI is InChI=1S/C6H13NOS3.Na/c1-2-8-5-11-4-3-7-6(9)10;/h2-5H2,1H3,(H2,7,9,10);/q;+1/p-1. The third kappa shape index (κ3) is 14.0. The Balaban J connectivity index is 0. The molecular formula is C6H12NNaOS3. The molecule has 0 rings (SSSR count). The fourth-order valence-electron chi connectivity index (χ4n) is 0.426. The average molecular weight is 233 g/mol. The quantitative estimate of drug-likeness (QED) is 0.190. The first-order chi connectivity index (χ1) is 5.27. The Hall–Kier alpha value is 1.42. The van der Waals surface area contributed by atoms with Gasteiger partial charge >= 0.3 is 29.6 Å². The molecule has 1 N–H and O–H groups in total. The molecule has 0 aliphatic rings. The number of thioether (sulfide) groups is 1. The summed E-state index contributed by atoms with van der Waals surface area (Å²) in [6.07, 6.45) is 0. The van der Waals surface area contributed by atoms with E-state index in [1.165, 1.54) is 0 Å². The zero-order valence-corrected chi connectivity index (χ0v) is 11.9. The molecule has 2 nitrogen and oxygen atoms in total. The van der Waals surface area contributed by atoms with Gasteiger partial charge in [0.15, 0.2) is 0 Å². The third-order valence-electron chi connectivity index (χ3n) is 0.887. The van der Waals surface area contributed by atoms with E-state index in [1.54, 1.807) is 11.8 Å². The fraction of sp³-hybridized carbons (Fsp3) is 0.833. The molecule has 0 fully saturated rings. The minimum Gasteiger partial charge on any atom is -0.412 e. The van der Waals surface area contributed by atoms with Gasteiger partial charge in [-0.15, -0.1) is 11.8 Å². The number of nitrogens with one attached hydrogen (secondary N) is 1. The van der Waals surface area contributed by atoms with Crippen molar-refractivity contribution in [3.8, 4) is 0 Å². The van der Waals surface area contributed by atoms with Gasteiger partial charge in [0.25, 0.3) is 0 Å². The molecule has 0 heterocycles. The molecule has 0 spiro atoms. The number of rotatable bonds is 6. The molecule has 0 aliphatic heterocycles. The van der Waals surface area contributed by atoms with E-state index < -0.39 is 0 Å². The fourth-order valence-corrected chi connectivity index (χ4v) is 1.28. The monoisotopic (exact) mass is 233 g/mol. The second-order valence-electron chi connectivity index (χ2n) is 1.73. The first-order valence-electron chi connectivity index (χ1n) is 3.37. The van der Waals surface area contributed by atoms with Crippen molar-refractivity contribution in [3.63, 3.8) is 0 Å². The smallest absolute Gasteiger partial charge is 0.412 e. The van der Waals surface area contributed by atoms with Gasteiger partial charge in [-0.1, -0.05) is 4.32 Å². The van der Waals surface area contributed by atoms with Crippen molar-refractivity contribution >= 4 is 40.9 Å². The largest absolute Gasteiger partial charge is 1.00 e. The molecule has 6 heteroatoms. The maximum absolute atomic E-state index is 5.12. The second-order valence-corrected chi connectivity index (χ2v) is 3.86. The van der Waals surface area contributed by atoms with E-state index >= 15 is 0 Å². The Morgan fingerprint density at radius 3 is 2.83 bits per heavy atom. The SMILES string of the molecule is CCOCSCCNC(=S)[S-].[Na+]. The van der Waals surface area contributed by atoms with E-state index in [9.17, 15) is 0 Å². The zero-order valence-electron chi connectivity index (χ0n) is 7.46. The van der Waals surface area contributed by atoms with Crippen molar-refractivity contribution in [2.24, 2.45) is 0 Å². The number of thiocarbonyl (C=S) groups is 1. The molecule has 66 valence electrons. The molecule has 0 bridgehead atoms. The van der Waals surface area contributed by atoms with Gasteiger partial charge in [-0.25, -0.2) is 0 Å². The van der Waals surface area contributed by atoms with E-state index in [4.69, 9.17) is 4.74 Å². The Labute approximate surface area is 111 Å². The molecule has 12 heavy (non-hydrogen) atoms. The Kier molecular flexibility index (Phi) is 16.4. The molecule has 0 amide bonds. The van der Waals surface area contributed by atoms with Crippen molar-refractivity contribution in [2.45, 2.75) is 6.92 Å². The predicted octanol–water partition coefficient (Wildman–Crippen LogP) is -1.86. The summed E-state index contributed by atoms with van der Waals surface area (Å²) in [5.74, 6) is 1.74. The molecular weight excluding hydrogens is 221 g/mol. The maximum atomic E-state index is 5.12. The van der Waals surface area contributed by atoms with E-state index in [2.05, 4.69) is 30.2 Å². The van der Waals surface area contributed by atoms with Gasteiger partial charge in [-0.3, -0.25) is 0 Å². The van der Waals surface area contributed by atoms with Gasteiger partial charge in [-0.05, 0) is 6.92 Å². The van der Waals surface area contributed by atoms with Gasteiger partial charge < -0.3 is 34.9 Å². The normalized spacial score (nSPS) is 8.75. The summed E-state index contributed by atoms with van der Waals surface area (Å²) in [6, 6.07) is 0. The van der Waals surface area contributed by atoms with Gasteiger partial charge in [0.05, 0.1) is 5.94 Å². The van der Waals surface area contributed by atoms with Crippen molar-refractivity contribution in [1.29, 1.82) is 0 Å². The second kappa shape index (κ2) is 12.4. The topological polar surface area (TPSA) is 21.3 Å². The number of hydrogen-bond donors (Lipinski definition) is 1. The summed E-state index contributed by atoms with van der Waals surface area (Å²) in [5.41, 5.74) is 0. The summed E-state index contributed by atoms with van der Waals surface area (Å²) in [6.45, 7) is 3.59. The van der Waals surface area contributed by atoms with Crippen LogP contribution in [0.1, 0.15) is 6.92 Å². The van der Waals surface area contributed by atoms with E-state index in [1.807, 2.05) is 6.92 Å². The predicted molar refractivity (Wildman–Crippen MR) is 56.9 cm³/mol.